The first-order valence-electron chi connectivity index (χ1n) is 7.36. The molecule has 0 fully saturated rings. The minimum Gasteiger partial charge on any atom is -0.348 e. The molecule has 118 valence electrons. The normalized spacial score (nSPS) is 10.0. The molecule has 3 heteroatoms. The average Bonchev–Trinajstić information content (AvgIpc) is 2.84. The number of hydrogen-bond donors (Lipinski definition) is 1. The molecule has 0 spiro atoms. The Balaban J connectivity index is 0.000000370. The Hall–Kier alpha value is -1.64. The number of hydrogen-bond acceptors (Lipinski definition) is 2. The molecule has 0 bridgehead atoms. The first kappa shape index (κ1) is 19.4. The molecule has 1 N–H and O–H groups in total. The highest BCUT2D eigenvalue weighted by molar-refractivity contribution is 5.13. The maximum Gasteiger partial charge on any atom is 0.0921 e. The van der Waals surface area contributed by atoms with Crippen LogP contribution >= 0.6 is 0 Å². The lowest BCUT2D eigenvalue weighted by atomic mass is 10.0. The quantitative estimate of drug-likeness (QED) is 0.875. The van der Waals surface area contributed by atoms with Crippen molar-refractivity contribution < 1.29 is 0 Å². The molecule has 0 amide bonds. The molecule has 0 aromatic carbocycles. The number of nitrogens with one attached hydrogen (secondary N) is 1. The number of H-pyrrole nitrogens is 1. The fourth-order valence-corrected chi connectivity index (χ4v) is 1.93. The van der Waals surface area contributed by atoms with Crippen molar-refractivity contribution >= 4 is 0 Å². The smallest absolute Gasteiger partial charge is 0.0921 e. The van der Waals surface area contributed by atoms with Crippen molar-refractivity contribution in [1.29, 1.82) is 0 Å². The van der Waals surface area contributed by atoms with Crippen molar-refractivity contribution in [1.82, 2.24) is 15.0 Å². The highest BCUT2D eigenvalue weighted by Gasteiger charge is 1.97. The molecule has 0 saturated carbocycles. The van der Waals surface area contributed by atoms with Gasteiger partial charge in [0.15, 0.2) is 0 Å². The molecule has 2 rings (SSSR count). The van der Waals surface area contributed by atoms with E-state index in [-0.39, 0.29) is 7.43 Å². The second-order valence-corrected chi connectivity index (χ2v) is 6.08. The van der Waals surface area contributed by atoms with Crippen LogP contribution in [0.3, 0.4) is 0 Å². The van der Waals surface area contributed by atoms with Gasteiger partial charge in [-0.2, -0.15) is 0 Å². The van der Waals surface area contributed by atoms with Crippen LogP contribution in [0.5, 0.6) is 0 Å². The number of rotatable bonds is 4. The zero-order valence-electron chi connectivity index (χ0n) is 13.4. The zero-order valence-corrected chi connectivity index (χ0v) is 13.4. The molecular weight excluding hydrogens is 258 g/mol. The van der Waals surface area contributed by atoms with Crippen LogP contribution in [0.15, 0.2) is 30.9 Å². The van der Waals surface area contributed by atoms with Gasteiger partial charge in [0.25, 0.3) is 0 Å². The maximum absolute atomic E-state index is 4.23. The van der Waals surface area contributed by atoms with Crippen LogP contribution in [0.2, 0.25) is 0 Å². The van der Waals surface area contributed by atoms with Crippen LogP contribution in [0.1, 0.15) is 52.1 Å². The Morgan fingerprint density at radius 2 is 1.67 bits per heavy atom. The van der Waals surface area contributed by atoms with E-state index in [2.05, 4.69) is 54.8 Å². The summed E-state index contributed by atoms with van der Waals surface area (Å²) in [5.41, 5.74) is 3.66. The Kier molecular flexibility index (Phi) is 9.35. The SMILES string of the molecule is C.CC(C)Cc1cnc[nH]1.Cc1ccc(CC(C)C)cn1. The largest absolute Gasteiger partial charge is 0.348 e. The van der Waals surface area contributed by atoms with Gasteiger partial charge in [-0.15, -0.1) is 0 Å². The molecular formula is C18H31N3. The standard InChI is InChI=1S/C10H15N.C7H12N2.CH4/c1-8(2)6-10-5-4-9(3)11-7-10;1-6(2)3-7-4-8-5-9-7;/h4-5,7-8H,6H2,1-3H3;4-6H,3H2,1-2H3,(H,8,9);1H4. The van der Waals surface area contributed by atoms with Gasteiger partial charge in [0.1, 0.15) is 0 Å². The van der Waals surface area contributed by atoms with E-state index >= 15 is 0 Å². The van der Waals surface area contributed by atoms with Crippen molar-refractivity contribution in [2.75, 3.05) is 0 Å². The average molecular weight is 289 g/mol. The van der Waals surface area contributed by atoms with Crippen LogP contribution < -0.4 is 0 Å². The Labute approximate surface area is 130 Å². The summed E-state index contributed by atoms with van der Waals surface area (Å²) in [7, 11) is 0. The second-order valence-electron chi connectivity index (χ2n) is 6.08. The third kappa shape index (κ3) is 9.01. The monoisotopic (exact) mass is 289 g/mol. The minimum absolute atomic E-state index is 0. The molecule has 2 heterocycles. The molecule has 2 aromatic rings. The van der Waals surface area contributed by atoms with Gasteiger partial charge in [0, 0.05) is 23.8 Å². The fraction of sp³-hybridized carbons (Fsp3) is 0.556. The van der Waals surface area contributed by atoms with Crippen molar-refractivity contribution in [2.45, 2.75) is 54.9 Å². The first-order chi connectivity index (χ1) is 9.47. The van der Waals surface area contributed by atoms with Crippen LogP contribution in [-0.4, -0.2) is 15.0 Å². The topological polar surface area (TPSA) is 41.6 Å². The summed E-state index contributed by atoms with van der Waals surface area (Å²) in [6.07, 6.45) is 7.79. The van der Waals surface area contributed by atoms with E-state index < -0.39 is 0 Å². The number of aromatic amines is 1. The van der Waals surface area contributed by atoms with E-state index in [0.29, 0.717) is 5.92 Å². The molecule has 0 saturated heterocycles. The van der Waals surface area contributed by atoms with Gasteiger partial charge in [-0.1, -0.05) is 41.2 Å². The van der Waals surface area contributed by atoms with Crippen molar-refractivity contribution in [3.63, 3.8) is 0 Å². The van der Waals surface area contributed by atoms with Crippen molar-refractivity contribution in [3.8, 4) is 0 Å². The Bertz CT molecular complexity index is 456. The molecule has 0 unspecified atom stereocenters. The zero-order chi connectivity index (χ0) is 15.0. The number of aromatic nitrogens is 3. The minimum atomic E-state index is 0. The van der Waals surface area contributed by atoms with Gasteiger partial charge in [-0.05, 0) is 43.2 Å². The summed E-state index contributed by atoms with van der Waals surface area (Å²) in [5, 5.41) is 0. The van der Waals surface area contributed by atoms with Crippen LogP contribution in [0, 0.1) is 18.8 Å². The molecule has 0 radical (unpaired) electrons. The molecule has 3 nitrogen and oxygen atoms in total. The number of nitrogens with zero attached hydrogens (tertiary/aromatic N) is 2. The van der Waals surface area contributed by atoms with Gasteiger partial charge >= 0.3 is 0 Å². The maximum atomic E-state index is 4.23. The second kappa shape index (κ2) is 10.1. The first-order valence-corrected chi connectivity index (χ1v) is 7.36. The predicted molar refractivity (Wildman–Crippen MR) is 91.4 cm³/mol. The number of pyridine rings is 1. The molecule has 0 aliphatic carbocycles. The lowest BCUT2D eigenvalue weighted by molar-refractivity contribution is 0.637. The Morgan fingerprint density at radius 3 is 2.10 bits per heavy atom. The molecule has 2 aromatic heterocycles. The van der Waals surface area contributed by atoms with Crippen molar-refractivity contribution in [2.24, 2.45) is 11.8 Å². The summed E-state index contributed by atoms with van der Waals surface area (Å²) in [6, 6.07) is 4.22. The van der Waals surface area contributed by atoms with Crippen LogP contribution in [-0.2, 0) is 12.8 Å². The summed E-state index contributed by atoms with van der Waals surface area (Å²) in [4.78, 5) is 11.2. The summed E-state index contributed by atoms with van der Waals surface area (Å²) < 4.78 is 0. The van der Waals surface area contributed by atoms with E-state index in [1.165, 1.54) is 11.3 Å². The van der Waals surface area contributed by atoms with Gasteiger partial charge in [0.05, 0.1) is 6.33 Å². The lowest BCUT2D eigenvalue weighted by Crippen LogP contribution is -1.94. The third-order valence-corrected chi connectivity index (χ3v) is 2.80. The van der Waals surface area contributed by atoms with Crippen LogP contribution in [0.25, 0.3) is 0 Å². The number of aryl methyl sites for hydroxylation is 1. The summed E-state index contributed by atoms with van der Waals surface area (Å²) in [5.74, 6) is 1.44. The summed E-state index contributed by atoms with van der Waals surface area (Å²) >= 11 is 0. The molecule has 0 aliphatic heterocycles. The highest BCUT2D eigenvalue weighted by Crippen LogP contribution is 2.06. The van der Waals surface area contributed by atoms with Gasteiger partial charge in [-0.3, -0.25) is 4.98 Å². The van der Waals surface area contributed by atoms with Gasteiger partial charge in [-0.25, -0.2) is 4.98 Å². The lowest BCUT2D eigenvalue weighted by Gasteiger charge is -2.03. The molecule has 0 aliphatic rings. The van der Waals surface area contributed by atoms with Gasteiger partial charge < -0.3 is 4.98 Å². The predicted octanol–water partition coefficient (Wildman–Crippen LogP) is 4.83. The molecule has 0 atom stereocenters. The van der Waals surface area contributed by atoms with E-state index in [9.17, 15) is 0 Å². The fourth-order valence-electron chi connectivity index (χ4n) is 1.93. The number of imidazole rings is 1. The summed E-state index contributed by atoms with van der Waals surface area (Å²) in [6.45, 7) is 10.8. The highest BCUT2D eigenvalue weighted by atomic mass is 14.9. The Morgan fingerprint density at radius 1 is 1.00 bits per heavy atom. The van der Waals surface area contributed by atoms with Gasteiger partial charge in [0.2, 0.25) is 0 Å². The van der Waals surface area contributed by atoms with E-state index in [0.717, 1.165) is 24.5 Å². The van der Waals surface area contributed by atoms with Crippen LogP contribution in [0.4, 0.5) is 0 Å². The van der Waals surface area contributed by atoms with E-state index in [4.69, 9.17) is 0 Å². The van der Waals surface area contributed by atoms with Crippen molar-refractivity contribution in [3.05, 3.63) is 47.8 Å². The molecule has 21 heavy (non-hydrogen) atoms. The third-order valence-electron chi connectivity index (χ3n) is 2.80. The van der Waals surface area contributed by atoms with E-state index in [1.54, 1.807) is 6.33 Å². The van der Waals surface area contributed by atoms with E-state index in [1.807, 2.05) is 19.3 Å².